The molecule has 0 aromatic rings. The first-order valence-corrected chi connectivity index (χ1v) is 25.9. The summed E-state index contributed by atoms with van der Waals surface area (Å²) in [5.74, 6) is -4.25. The van der Waals surface area contributed by atoms with E-state index in [-0.39, 0.29) is 19.3 Å². The van der Waals surface area contributed by atoms with Crippen LogP contribution in [0.4, 0.5) is 0 Å². The molecule has 64 heavy (non-hydrogen) atoms. The molecule has 0 spiro atoms. The smallest absolute Gasteiger partial charge is 0.461 e. The number of hydrogen-bond donors (Lipinski definition) is 9. The zero-order valence-corrected chi connectivity index (χ0v) is 39.6. The first kappa shape index (κ1) is 58.3. The summed E-state index contributed by atoms with van der Waals surface area (Å²) in [5, 5.41) is 89.7. The molecule has 0 amide bonds. The molecule has 2 rings (SSSR count). The van der Waals surface area contributed by atoms with Crippen molar-refractivity contribution >= 4 is 19.8 Å². The number of rotatable bonds is 25. The Morgan fingerprint density at radius 3 is 1.83 bits per heavy atom. The van der Waals surface area contributed by atoms with Crippen LogP contribution in [0.25, 0.3) is 0 Å². The van der Waals surface area contributed by atoms with Gasteiger partial charge in [0, 0.05) is 24.7 Å². The van der Waals surface area contributed by atoms with Crippen LogP contribution in [0.2, 0.25) is 0 Å². The van der Waals surface area contributed by atoms with E-state index in [0.29, 0.717) is 19.3 Å². The van der Waals surface area contributed by atoms with E-state index in [0.717, 1.165) is 38.5 Å². The fourth-order valence-electron chi connectivity index (χ4n) is 8.32. The van der Waals surface area contributed by atoms with E-state index in [1.807, 2.05) is 6.92 Å². The van der Waals surface area contributed by atoms with E-state index in [2.05, 4.69) is 6.92 Å². The Kier molecular flexibility index (Phi) is 30.7. The quantitative estimate of drug-likeness (QED) is 0.0220. The number of hydrogen-bond acceptors (Lipinski definition) is 15. The van der Waals surface area contributed by atoms with Gasteiger partial charge in [-0.25, -0.2) is 4.57 Å². The topological polar surface area (TPSA) is 270 Å². The third kappa shape index (κ3) is 23.8. The largest absolute Gasteiger partial charge is 0.472 e. The van der Waals surface area contributed by atoms with Crippen molar-refractivity contribution in [2.75, 3.05) is 13.2 Å². The van der Waals surface area contributed by atoms with Gasteiger partial charge in [-0.2, -0.15) is 0 Å². The van der Waals surface area contributed by atoms with Crippen LogP contribution in [0.5, 0.6) is 0 Å². The van der Waals surface area contributed by atoms with Gasteiger partial charge in [-0.05, 0) is 19.3 Å². The molecule has 1 saturated carbocycles. The Hall–Kier alpha value is -1.79. The van der Waals surface area contributed by atoms with Gasteiger partial charge in [0.1, 0.15) is 31.0 Å². The minimum Gasteiger partial charge on any atom is -0.461 e. The number of esters is 2. The molecule has 17 heteroatoms. The van der Waals surface area contributed by atoms with Crippen molar-refractivity contribution in [3.05, 3.63) is 24.3 Å². The van der Waals surface area contributed by atoms with E-state index >= 15 is 0 Å². The van der Waals surface area contributed by atoms with Crippen molar-refractivity contribution in [2.45, 2.75) is 235 Å². The first-order chi connectivity index (χ1) is 30.6. The maximum atomic E-state index is 13.5. The molecule has 0 saturated heterocycles. The van der Waals surface area contributed by atoms with Gasteiger partial charge in [0.2, 0.25) is 0 Å². The molecule has 9 N–H and O–H groups in total. The molecule has 2 aliphatic rings. The Morgan fingerprint density at radius 2 is 1.25 bits per heavy atom. The summed E-state index contributed by atoms with van der Waals surface area (Å²) in [6.07, 6.45) is 7.92. The number of unbranched alkanes of at least 4 members (excludes halogenated alkanes) is 18. The van der Waals surface area contributed by atoms with Crippen LogP contribution in [0, 0.1) is 11.8 Å². The standard InChI is InChI=1S/C47H85O16P/c1-3-5-7-8-9-10-11-12-13-14-15-16-17-18-19-20-22-28-41(52)62-35-32-60-40(51)27-24-23-26-36-38(49)31-39(50)37(30-29-34(48)25-21-6-4-2)43(54)45(56)47(46(57)44(55)42(36)53)63-64(58,59)61-33-35/h23-24,29-30,34-39,42-50,53-57H,3-22,25-28,31-33H2,1-2H3,(H,58,59)/b24-23-,30-29+/t34-,35-,36-,37+,38+,39-,42-,43-,44+,45-,46-,47-/m1/s1. The minimum absolute atomic E-state index is 0.0296. The summed E-state index contributed by atoms with van der Waals surface area (Å²) < 4.78 is 34.5. The predicted molar refractivity (Wildman–Crippen MR) is 242 cm³/mol. The second-order valence-corrected chi connectivity index (χ2v) is 19.4. The second-order valence-electron chi connectivity index (χ2n) is 18.0. The molecule has 0 aromatic heterocycles. The fraction of sp³-hybridized carbons (Fsp3) is 0.872. The van der Waals surface area contributed by atoms with Gasteiger partial charge in [0.25, 0.3) is 0 Å². The van der Waals surface area contributed by atoms with Gasteiger partial charge in [-0.3, -0.25) is 18.6 Å². The van der Waals surface area contributed by atoms with Crippen LogP contribution in [0.15, 0.2) is 24.3 Å². The number of ether oxygens (including phenoxy) is 2. The molecule has 13 atom stereocenters. The molecular formula is C47H85O16P. The number of phosphoric acid groups is 1. The Bertz CT molecular complexity index is 1350. The van der Waals surface area contributed by atoms with E-state index in [9.17, 15) is 59.9 Å². The third-order valence-electron chi connectivity index (χ3n) is 12.4. The number of carbonyl (C=O) groups is 2. The molecule has 374 valence electrons. The summed E-state index contributed by atoms with van der Waals surface area (Å²) in [6.45, 7) is 2.80. The number of aliphatic hydroxyl groups excluding tert-OH is 8. The summed E-state index contributed by atoms with van der Waals surface area (Å²) in [4.78, 5) is 36.4. The van der Waals surface area contributed by atoms with Crippen LogP contribution < -0.4 is 0 Å². The summed E-state index contributed by atoms with van der Waals surface area (Å²) in [5.41, 5.74) is 0. The highest BCUT2D eigenvalue weighted by Gasteiger charge is 2.49. The van der Waals surface area contributed by atoms with Crippen LogP contribution >= 0.6 is 7.82 Å². The summed E-state index contributed by atoms with van der Waals surface area (Å²) >= 11 is 0. The lowest BCUT2D eigenvalue weighted by atomic mass is 9.83. The molecule has 1 heterocycles. The fourth-order valence-corrected chi connectivity index (χ4v) is 9.29. The molecular weight excluding hydrogens is 851 g/mol. The van der Waals surface area contributed by atoms with Crippen molar-refractivity contribution in [1.29, 1.82) is 0 Å². The molecule has 1 unspecified atom stereocenters. The second kappa shape index (κ2) is 33.6. The first-order valence-electron chi connectivity index (χ1n) is 24.4. The summed E-state index contributed by atoms with van der Waals surface area (Å²) in [7, 11) is -5.43. The van der Waals surface area contributed by atoms with E-state index in [1.54, 1.807) is 0 Å². The van der Waals surface area contributed by atoms with Crippen LogP contribution in [0.3, 0.4) is 0 Å². The van der Waals surface area contributed by atoms with E-state index < -0.39 is 112 Å². The molecule has 0 radical (unpaired) electrons. The zero-order chi connectivity index (χ0) is 47.3. The van der Waals surface area contributed by atoms with Crippen molar-refractivity contribution < 1.29 is 78.4 Å². The number of aliphatic hydroxyl groups is 8. The highest BCUT2D eigenvalue weighted by molar-refractivity contribution is 7.47. The van der Waals surface area contributed by atoms with Crippen molar-refractivity contribution in [2.24, 2.45) is 11.8 Å². The monoisotopic (exact) mass is 937 g/mol. The Balaban J connectivity index is 2.09. The maximum Gasteiger partial charge on any atom is 0.472 e. The number of fused-ring (bicyclic) bond motifs is 4. The highest BCUT2D eigenvalue weighted by atomic mass is 31.2. The Labute approximate surface area is 382 Å². The molecule has 16 nitrogen and oxygen atoms in total. The van der Waals surface area contributed by atoms with E-state index in [1.165, 1.54) is 101 Å². The number of cyclic esters (lactones) is 1. The number of phosphoric ester groups is 1. The van der Waals surface area contributed by atoms with Crippen molar-refractivity contribution in [3.63, 3.8) is 0 Å². The lowest BCUT2D eigenvalue weighted by molar-refractivity contribution is -0.167. The van der Waals surface area contributed by atoms with Gasteiger partial charge in [0.15, 0.2) is 6.10 Å². The lowest BCUT2D eigenvalue weighted by Gasteiger charge is -2.37. The molecule has 1 aliphatic heterocycles. The maximum absolute atomic E-state index is 13.5. The zero-order valence-electron chi connectivity index (χ0n) is 38.7. The van der Waals surface area contributed by atoms with Crippen LogP contribution in [0.1, 0.15) is 174 Å². The molecule has 1 fully saturated rings. The molecule has 1 aliphatic carbocycles. The predicted octanol–water partition coefficient (Wildman–Crippen LogP) is 6.00. The van der Waals surface area contributed by atoms with Crippen molar-refractivity contribution in [1.82, 2.24) is 0 Å². The number of allylic oxidation sites excluding steroid dienone is 1. The van der Waals surface area contributed by atoms with Crippen LogP contribution in [-0.2, 0) is 32.7 Å². The van der Waals surface area contributed by atoms with Gasteiger partial charge < -0.3 is 55.2 Å². The average Bonchev–Trinajstić information content (AvgIpc) is 3.26. The lowest BCUT2D eigenvalue weighted by Crippen LogP contribution is -2.55. The van der Waals surface area contributed by atoms with Crippen molar-refractivity contribution in [3.8, 4) is 0 Å². The summed E-state index contributed by atoms with van der Waals surface area (Å²) in [6, 6.07) is 0. The molecule has 2 bridgehead atoms. The highest BCUT2D eigenvalue weighted by Crippen LogP contribution is 2.47. The average molecular weight is 937 g/mol. The van der Waals surface area contributed by atoms with Gasteiger partial charge in [0.05, 0.1) is 43.5 Å². The van der Waals surface area contributed by atoms with Gasteiger partial charge in [-0.1, -0.05) is 160 Å². The van der Waals surface area contributed by atoms with Gasteiger partial charge in [-0.15, -0.1) is 0 Å². The Morgan fingerprint density at radius 1 is 0.719 bits per heavy atom. The number of carbonyl (C=O) groups excluding carboxylic acids is 2. The SMILES string of the molecule is CCCCCCCCCCCCCCCCCCCC(=O)O[C@@H]1COC(=O)C/C=C\C[C@H]2[C@@H](O)[C@H](O)[C@@H](O)[C@H](OP(=O)(O)OC1)[C@H](O)[C@H](O)[C@@H](/C=C/[C@H](O)CCCCC)[C@H](O)C[C@@H]2O. The normalized spacial score (nSPS) is 32.5. The van der Waals surface area contributed by atoms with Crippen LogP contribution in [-0.4, -0.2) is 132 Å². The minimum atomic E-state index is -5.43. The van der Waals surface area contributed by atoms with Gasteiger partial charge >= 0.3 is 19.8 Å². The molecule has 0 aromatic carbocycles. The third-order valence-corrected chi connectivity index (χ3v) is 13.4. The van der Waals surface area contributed by atoms with E-state index in [4.69, 9.17) is 18.5 Å².